The zero-order valence-electron chi connectivity index (χ0n) is 13.0. The molecule has 1 amide bonds. The molecule has 0 aliphatic rings. The lowest BCUT2D eigenvalue weighted by Crippen LogP contribution is -2.24. The van der Waals surface area contributed by atoms with Crippen LogP contribution in [-0.2, 0) is 10.0 Å². The predicted octanol–water partition coefficient (Wildman–Crippen LogP) is 2.85. The van der Waals surface area contributed by atoms with E-state index < -0.39 is 21.7 Å². The van der Waals surface area contributed by atoms with Crippen LogP contribution in [0.15, 0.2) is 60.0 Å². The molecule has 2 rings (SSSR count). The molecule has 0 atom stereocenters. The quantitative estimate of drug-likeness (QED) is 0.788. The van der Waals surface area contributed by atoms with E-state index >= 15 is 0 Å². The van der Waals surface area contributed by atoms with Crippen LogP contribution >= 0.6 is 0 Å². The van der Waals surface area contributed by atoms with E-state index in [1.807, 2.05) is 0 Å². The Morgan fingerprint density at radius 1 is 1.21 bits per heavy atom. The average molecular weight is 348 g/mol. The summed E-state index contributed by atoms with van der Waals surface area (Å²) >= 11 is 0. The van der Waals surface area contributed by atoms with Gasteiger partial charge in [0.05, 0.1) is 4.90 Å². The minimum Gasteiger partial charge on any atom is -0.349 e. The Balaban J connectivity index is 2.33. The predicted molar refractivity (Wildman–Crippen MR) is 90.9 cm³/mol. The lowest BCUT2D eigenvalue weighted by atomic mass is 10.1. The minimum absolute atomic E-state index is 0.0157. The zero-order chi connectivity index (χ0) is 17.7. The van der Waals surface area contributed by atoms with Gasteiger partial charge in [-0.25, -0.2) is 12.8 Å². The van der Waals surface area contributed by atoms with Gasteiger partial charge in [0.2, 0.25) is 0 Å². The standard InChI is InChI=1S/C17H17FN2O3S/c1-3-10-19-17(21)13-5-4-12(2)16(11-13)24(22,23)20-15-8-6-14(18)7-9-15/h3-9,11,20H,1,10H2,2H3,(H,19,21). The van der Waals surface area contributed by atoms with Gasteiger partial charge in [-0.15, -0.1) is 6.58 Å². The molecule has 7 heteroatoms. The number of rotatable bonds is 6. The van der Waals surface area contributed by atoms with Crippen molar-refractivity contribution in [2.45, 2.75) is 11.8 Å². The highest BCUT2D eigenvalue weighted by molar-refractivity contribution is 7.92. The summed E-state index contributed by atoms with van der Waals surface area (Å²) < 4.78 is 40.4. The second kappa shape index (κ2) is 7.27. The Kier molecular flexibility index (Phi) is 5.35. The molecule has 0 unspecified atom stereocenters. The van der Waals surface area contributed by atoms with Crippen LogP contribution < -0.4 is 10.0 Å². The normalized spacial score (nSPS) is 10.9. The summed E-state index contributed by atoms with van der Waals surface area (Å²) in [7, 11) is -3.91. The van der Waals surface area contributed by atoms with Gasteiger partial charge in [0, 0.05) is 17.8 Å². The molecule has 0 fully saturated rings. The summed E-state index contributed by atoms with van der Waals surface area (Å²) in [6.07, 6.45) is 1.53. The highest BCUT2D eigenvalue weighted by Gasteiger charge is 2.19. The van der Waals surface area contributed by atoms with Gasteiger partial charge >= 0.3 is 0 Å². The van der Waals surface area contributed by atoms with E-state index in [9.17, 15) is 17.6 Å². The van der Waals surface area contributed by atoms with E-state index in [-0.39, 0.29) is 22.7 Å². The highest BCUT2D eigenvalue weighted by atomic mass is 32.2. The number of benzene rings is 2. The third kappa shape index (κ3) is 4.20. The van der Waals surface area contributed by atoms with Crippen molar-refractivity contribution in [1.82, 2.24) is 5.32 Å². The van der Waals surface area contributed by atoms with Gasteiger partial charge in [-0.1, -0.05) is 12.1 Å². The summed E-state index contributed by atoms with van der Waals surface area (Å²) in [5.41, 5.74) is 0.948. The van der Waals surface area contributed by atoms with E-state index in [2.05, 4.69) is 16.6 Å². The van der Waals surface area contributed by atoms with Crippen LogP contribution in [0.25, 0.3) is 0 Å². The maximum absolute atomic E-state index is 12.9. The summed E-state index contributed by atoms with van der Waals surface area (Å²) in [6.45, 7) is 5.41. The summed E-state index contributed by atoms with van der Waals surface area (Å²) in [5.74, 6) is -0.858. The first-order valence-corrected chi connectivity index (χ1v) is 8.60. The number of anilines is 1. The number of aryl methyl sites for hydroxylation is 1. The van der Waals surface area contributed by atoms with Crippen LogP contribution in [0, 0.1) is 12.7 Å². The molecule has 0 radical (unpaired) electrons. The molecule has 2 aromatic carbocycles. The highest BCUT2D eigenvalue weighted by Crippen LogP contribution is 2.21. The van der Waals surface area contributed by atoms with Crippen LogP contribution in [0.1, 0.15) is 15.9 Å². The number of sulfonamides is 1. The molecule has 0 saturated heterocycles. The Morgan fingerprint density at radius 3 is 2.50 bits per heavy atom. The van der Waals surface area contributed by atoms with Crippen molar-refractivity contribution in [2.24, 2.45) is 0 Å². The summed E-state index contributed by atoms with van der Waals surface area (Å²) in [6, 6.07) is 9.37. The Bertz CT molecular complexity index is 862. The lowest BCUT2D eigenvalue weighted by Gasteiger charge is -2.12. The van der Waals surface area contributed by atoms with Gasteiger partial charge in [0.1, 0.15) is 5.82 Å². The van der Waals surface area contributed by atoms with E-state index in [0.29, 0.717) is 5.56 Å². The molecule has 5 nitrogen and oxygen atoms in total. The molecular formula is C17H17FN2O3S. The van der Waals surface area contributed by atoms with Crippen molar-refractivity contribution in [1.29, 1.82) is 0 Å². The fourth-order valence-corrected chi connectivity index (χ4v) is 3.36. The first kappa shape index (κ1) is 17.7. The van der Waals surface area contributed by atoms with Crippen molar-refractivity contribution >= 4 is 21.6 Å². The van der Waals surface area contributed by atoms with E-state index in [1.165, 1.54) is 24.3 Å². The Morgan fingerprint density at radius 2 is 1.88 bits per heavy atom. The minimum atomic E-state index is -3.91. The molecule has 0 aliphatic carbocycles. The van der Waals surface area contributed by atoms with Gasteiger partial charge in [0.25, 0.3) is 15.9 Å². The number of carbonyl (C=O) groups is 1. The van der Waals surface area contributed by atoms with E-state index in [4.69, 9.17) is 0 Å². The number of hydrogen-bond acceptors (Lipinski definition) is 3. The topological polar surface area (TPSA) is 75.3 Å². The molecule has 24 heavy (non-hydrogen) atoms. The Hall–Kier alpha value is -2.67. The molecule has 0 aromatic heterocycles. The van der Waals surface area contributed by atoms with Crippen LogP contribution in [0.4, 0.5) is 10.1 Å². The van der Waals surface area contributed by atoms with Gasteiger partial charge < -0.3 is 5.32 Å². The number of nitrogens with one attached hydrogen (secondary N) is 2. The second-order valence-electron chi connectivity index (χ2n) is 5.09. The lowest BCUT2D eigenvalue weighted by molar-refractivity contribution is 0.0958. The largest absolute Gasteiger partial charge is 0.349 e. The summed E-state index contributed by atoms with van der Waals surface area (Å²) in [5, 5.41) is 2.59. The maximum atomic E-state index is 12.9. The van der Waals surface area contributed by atoms with Crippen LogP contribution in [0.2, 0.25) is 0 Å². The van der Waals surface area contributed by atoms with Gasteiger partial charge in [-0.05, 0) is 48.9 Å². The molecule has 2 aromatic rings. The molecule has 0 aliphatic heterocycles. The monoisotopic (exact) mass is 348 g/mol. The molecule has 0 saturated carbocycles. The van der Waals surface area contributed by atoms with Gasteiger partial charge in [-0.2, -0.15) is 0 Å². The molecule has 0 bridgehead atoms. The average Bonchev–Trinajstić information content (AvgIpc) is 2.54. The van der Waals surface area contributed by atoms with Gasteiger partial charge in [-0.3, -0.25) is 9.52 Å². The fraction of sp³-hybridized carbons (Fsp3) is 0.118. The second-order valence-corrected chi connectivity index (χ2v) is 6.74. The van der Waals surface area contributed by atoms with E-state index in [1.54, 1.807) is 19.1 Å². The van der Waals surface area contributed by atoms with Gasteiger partial charge in [0.15, 0.2) is 0 Å². The number of carbonyl (C=O) groups excluding carboxylic acids is 1. The van der Waals surface area contributed by atoms with Crippen molar-refractivity contribution in [3.05, 3.63) is 72.1 Å². The number of halogens is 1. The molecule has 0 spiro atoms. The molecule has 2 N–H and O–H groups in total. The molecule has 126 valence electrons. The fourth-order valence-electron chi connectivity index (χ4n) is 2.03. The maximum Gasteiger partial charge on any atom is 0.262 e. The zero-order valence-corrected chi connectivity index (χ0v) is 13.9. The van der Waals surface area contributed by atoms with Crippen LogP contribution in [0.3, 0.4) is 0 Å². The number of hydrogen-bond donors (Lipinski definition) is 2. The van der Waals surface area contributed by atoms with Crippen LogP contribution in [-0.4, -0.2) is 20.9 Å². The first-order valence-electron chi connectivity index (χ1n) is 7.11. The Labute approximate surface area is 140 Å². The van der Waals surface area contributed by atoms with Crippen molar-refractivity contribution < 1.29 is 17.6 Å². The third-order valence-corrected chi connectivity index (χ3v) is 4.77. The van der Waals surface area contributed by atoms with Crippen molar-refractivity contribution in [3.8, 4) is 0 Å². The van der Waals surface area contributed by atoms with Crippen LogP contribution in [0.5, 0.6) is 0 Å². The van der Waals surface area contributed by atoms with Crippen molar-refractivity contribution in [2.75, 3.05) is 11.3 Å². The SMILES string of the molecule is C=CCNC(=O)c1ccc(C)c(S(=O)(=O)Nc2ccc(F)cc2)c1. The first-order chi connectivity index (χ1) is 11.3. The molecular weight excluding hydrogens is 331 g/mol. The smallest absolute Gasteiger partial charge is 0.262 e. The third-order valence-electron chi connectivity index (χ3n) is 3.24. The summed E-state index contributed by atoms with van der Waals surface area (Å²) in [4.78, 5) is 12.0. The number of amides is 1. The molecule has 0 heterocycles. The van der Waals surface area contributed by atoms with Crippen molar-refractivity contribution in [3.63, 3.8) is 0 Å². The van der Waals surface area contributed by atoms with E-state index in [0.717, 1.165) is 12.1 Å².